The van der Waals surface area contributed by atoms with Crippen LogP contribution in [0.15, 0.2) is 45.9 Å². The minimum atomic E-state index is -4.09. The average molecular weight is 400 g/mol. The van der Waals surface area contributed by atoms with Gasteiger partial charge in [0.25, 0.3) is 11.6 Å². The van der Waals surface area contributed by atoms with Gasteiger partial charge >= 0.3 is 0 Å². The second-order valence-electron chi connectivity index (χ2n) is 5.54. The third kappa shape index (κ3) is 3.43. The highest BCUT2D eigenvalue weighted by Crippen LogP contribution is 2.30. The summed E-state index contributed by atoms with van der Waals surface area (Å²) in [5.74, 6) is -0.154. The lowest BCUT2D eigenvalue weighted by atomic mass is 10.3. The first-order chi connectivity index (χ1) is 12.3. The number of hydrogen-bond donors (Lipinski definition) is 0. The first-order valence-corrected chi connectivity index (χ1v) is 9.39. The van der Waals surface area contributed by atoms with E-state index in [0.29, 0.717) is 0 Å². The van der Waals surface area contributed by atoms with Crippen molar-refractivity contribution in [3.05, 3.63) is 57.5 Å². The highest BCUT2D eigenvalue weighted by Gasteiger charge is 2.35. The molecule has 0 bridgehead atoms. The molecule has 1 aromatic carbocycles. The lowest BCUT2D eigenvalue weighted by molar-refractivity contribution is -0.387. The molecule has 11 heteroatoms. The fraction of sp³-hybridized carbons (Fsp3) is 0.267. The average Bonchev–Trinajstić information content (AvgIpc) is 3.15. The van der Waals surface area contributed by atoms with Crippen LogP contribution < -0.4 is 0 Å². The van der Waals surface area contributed by atoms with Gasteiger partial charge in [0.1, 0.15) is 0 Å². The molecular weight excluding hydrogens is 386 g/mol. The molecule has 0 N–H and O–H groups in total. The lowest BCUT2D eigenvalue weighted by Gasteiger charge is -2.33. The molecular formula is C15H14ClN3O6S. The smallest absolute Gasteiger partial charge is 0.290 e. The maximum absolute atomic E-state index is 12.8. The largest absolute Gasteiger partial charge is 0.459 e. The fourth-order valence-corrected chi connectivity index (χ4v) is 4.40. The number of halogens is 1. The van der Waals surface area contributed by atoms with Crippen LogP contribution in [0.4, 0.5) is 5.69 Å². The van der Waals surface area contributed by atoms with Crippen molar-refractivity contribution in [2.75, 3.05) is 26.2 Å². The Hall–Kier alpha value is -2.43. The Kier molecular flexibility index (Phi) is 4.99. The monoisotopic (exact) mass is 399 g/mol. The van der Waals surface area contributed by atoms with Gasteiger partial charge in [0.15, 0.2) is 10.7 Å². The van der Waals surface area contributed by atoms with Crippen molar-refractivity contribution in [3.63, 3.8) is 0 Å². The molecule has 1 saturated heterocycles. The normalized spacial score (nSPS) is 15.8. The Morgan fingerprint density at radius 2 is 1.88 bits per heavy atom. The number of furan rings is 1. The molecule has 138 valence electrons. The zero-order valence-corrected chi connectivity index (χ0v) is 14.9. The molecule has 1 fully saturated rings. The Balaban J connectivity index is 1.79. The number of nitrogens with zero attached hydrogens (tertiary/aromatic N) is 3. The van der Waals surface area contributed by atoms with Gasteiger partial charge in [-0.3, -0.25) is 14.9 Å². The van der Waals surface area contributed by atoms with Gasteiger partial charge in [-0.2, -0.15) is 4.31 Å². The topological polar surface area (TPSA) is 114 Å². The van der Waals surface area contributed by atoms with Gasteiger partial charge < -0.3 is 9.32 Å². The predicted octanol–water partition coefficient (Wildman–Crippen LogP) is 1.99. The number of piperazine rings is 1. The van der Waals surface area contributed by atoms with Crippen LogP contribution in [0.5, 0.6) is 0 Å². The predicted molar refractivity (Wildman–Crippen MR) is 91.5 cm³/mol. The van der Waals surface area contributed by atoms with Gasteiger partial charge in [-0.1, -0.05) is 11.6 Å². The van der Waals surface area contributed by atoms with Crippen molar-refractivity contribution < 1.29 is 22.6 Å². The van der Waals surface area contributed by atoms with E-state index in [1.807, 2.05) is 0 Å². The van der Waals surface area contributed by atoms with Crippen molar-refractivity contribution in [1.29, 1.82) is 0 Å². The summed E-state index contributed by atoms with van der Waals surface area (Å²) in [7, 11) is -4.09. The number of benzene rings is 1. The summed E-state index contributed by atoms with van der Waals surface area (Å²) < 4.78 is 31.7. The number of carbonyl (C=O) groups excluding carboxylic acids is 1. The van der Waals surface area contributed by atoms with E-state index in [9.17, 15) is 23.3 Å². The SMILES string of the molecule is O=C(c1ccco1)N1CCN(S(=O)(=O)c2ccc(Cl)cc2[N+](=O)[O-])CC1. The second kappa shape index (κ2) is 7.06. The van der Waals surface area contributed by atoms with E-state index in [0.717, 1.165) is 16.4 Å². The highest BCUT2D eigenvalue weighted by molar-refractivity contribution is 7.89. The molecule has 9 nitrogen and oxygen atoms in total. The quantitative estimate of drug-likeness (QED) is 0.573. The van der Waals surface area contributed by atoms with Crippen molar-refractivity contribution in [1.82, 2.24) is 9.21 Å². The van der Waals surface area contributed by atoms with E-state index >= 15 is 0 Å². The van der Waals surface area contributed by atoms with Gasteiger partial charge in [0.2, 0.25) is 10.0 Å². The van der Waals surface area contributed by atoms with Crippen molar-refractivity contribution >= 4 is 33.2 Å². The standard InChI is InChI=1S/C15H14ClN3O6S/c16-11-3-4-14(12(10-11)19(21)22)26(23,24)18-7-5-17(6-8-18)15(20)13-2-1-9-25-13/h1-4,9-10H,5-8H2. The van der Waals surface area contributed by atoms with Crippen LogP contribution in [-0.4, -0.2) is 54.6 Å². The van der Waals surface area contributed by atoms with E-state index < -0.39 is 25.5 Å². The maximum atomic E-state index is 12.8. The molecule has 1 amide bonds. The second-order valence-corrected chi connectivity index (χ2v) is 7.89. The van der Waals surface area contributed by atoms with Gasteiger partial charge in [0, 0.05) is 37.3 Å². The van der Waals surface area contributed by atoms with Crippen LogP contribution in [0, 0.1) is 10.1 Å². The summed E-state index contributed by atoms with van der Waals surface area (Å²) in [5, 5.41) is 11.3. The number of nitro groups is 1. The van der Waals surface area contributed by atoms with Crippen LogP contribution >= 0.6 is 11.6 Å². The molecule has 0 atom stereocenters. The molecule has 2 heterocycles. The summed E-state index contributed by atoms with van der Waals surface area (Å²) in [4.78, 5) is 23.7. The Bertz CT molecular complexity index is 936. The maximum Gasteiger partial charge on any atom is 0.290 e. The molecule has 1 aromatic heterocycles. The van der Waals surface area contributed by atoms with Crippen LogP contribution in [-0.2, 0) is 10.0 Å². The Morgan fingerprint density at radius 1 is 1.19 bits per heavy atom. The third-order valence-electron chi connectivity index (χ3n) is 3.99. The molecule has 0 unspecified atom stereocenters. The first-order valence-electron chi connectivity index (χ1n) is 7.57. The summed E-state index contributed by atoms with van der Waals surface area (Å²) in [6.45, 7) is 0.351. The van der Waals surface area contributed by atoms with Crippen molar-refractivity contribution in [3.8, 4) is 0 Å². The number of hydrogen-bond acceptors (Lipinski definition) is 6. The van der Waals surface area contributed by atoms with E-state index in [2.05, 4.69) is 0 Å². The number of nitro benzene ring substituents is 1. The zero-order valence-electron chi connectivity index (χ0n) is 13.4. The summed E-state index contributed by atoms with van der Waals surface area (Å²) >= 11 is 5.73. The number of amides is 1. The van der Waals surface area contributed by atoms with Gasteiger partial charge in [-0.05, 0) is 24.3 Å². The fourth-order valence-electron chi connectivity index (χ4n) is 2.68. The molecule has 2 aromatic rings. The van der Waals surface area contributed by atoms with E-state index in [-0.39, 0.29) is 42.9 Å². The number of rotatable bonds is 4. The highest BCUT2D eigenvalue weighted by atomic mass is 35.5. The molecule has 26 heavy (non-hydrogen) atoms. The summed E-state index contributed by atoms with van der Waals surface area (Å²) in [6, 6.07) is 6.54. The number of carbonyl (C=O) groups is 1. The molecule has 3 rings (SSSR count). The van der Waals surface area contributed by atoms with Crippen molar-refractivity contribution in [2.24, 2.45) is 0 Å². The minimum Gasteiger partial charge on any atom is -0.459 e. The summed E-state index contributed by atoms with van der Waals surface area (Å²) in [5.41, 5.74) is -0.577. The van der Waals surface area contributed by atoms with E-state index in [1.54, 1.807) is 6.07 Å². The third-order valence-corrected chi connectivity index (χ3v) is 6.17. The van der Waals surface area contributed by atoms with Crippen LogP contribution in [0.2, 0.25) is 5.02 Å². The molecule has 0 saturated carbocycles. The lowest BCUT2D eigenvalue weighted by Crippen LogP contribution is -2.50. The minimum absolute atomic E-state index is 0.0224. The van der Waals surface area contributed by atoms with Crippen LogP contribution in [0.3, 0.4) is 0 Å². The van der Waals surface area contributed by atoms with Gasteiger partial charge in [-0.25, -0.2) is 8.42 Å². The Labute approximate surface area is 153 Å². The van der Waals surface area contributed by atoms with E-state index in [4.69, 9.17) is 16.0 Å². The van der Waals surface area contributed by atoms with Crippen molar-refractivity contribution in [2.45, 2.75) is 4.90 Å². The zero-order chi connectivity index (χ0) is 18.9. The molecule has 0 aliphatic carbocycles. The molecule has 0 spiro atoms. The number of sulfonamides is 1. The summed E-state index contributed by atoms with van der Waals surface area (Å²) in [6.07, 6.45) is 1.38. The first kappa shape index (κ1) is 18.4. The molecule has 0 radical (unpaired) electrons. The van der Waals surface area contributed by atoms with E-state index in [1.165, 1.54) is 23.3 Å². The molecule has 1 aliphatic heterocycles. The molecule has 1 aliphatic rings. The van der Waals surface area contributed by atoms with Gasteiger partial charge in [0.05, 0.1) is 11.2 Å². The Morgan fingerprint density at radius 3 is 2.46 bits per heavy atom. The van der Waals surface area contributed by atoms with Crippen LogP contribution in [0.25, 0.3) is 0 Å². The van der Waals surface area contributed by atoms with Gasteiger partial charge in [-0.15, -0.1) is 0 Å². The van der Waals surface area contributed by atoms with Crippen LogP contribution in [0.1, 0.15) is 10.6 Å².